The Kier molecular flexibility index (Phi) is 4.41. The summed E-state index contributed by atoms with van der Waals surface area (Å²) in [5, 5.41) is 8.01. The van der Waals surface area contributed by atoms with E-state index in [1.165, 1.54) is 0 Å². The van der Waals surface area contributed by atoms with Crippen LogP contribution in [-0.4, -0.2) is 31.8 Å². The third-order valence-electron chi connectivity index (χ3n) is 4.37. The Balaban J connectivity index is 1.72. The largest absolute Gasteiger partial charge is 0.495 e. The van der Waals surface area contributed by atoms with E-state index >= 15 is 0 Å². The minimum atomic E-state index is 0.610. The number of imidazole rings is 1. The Labute approximate surface area is 161 Å². The number of methoxy groups -OCH3 is 1. The van der Waals surface area contributed by atoms with Crippen molar-refractivity contribution in [2.75, 3.05) is 7.11 Å². The fourth-order valence-corrected chi connectivity index (χ4v) is 3.11. The lowest BCUT2D eigenvalue weighted by atomic mass is 10.1. The highest BCUT2D eigenvalue weighted by Crippen LogP contribution is 2.30. The molecule has 0 aliphatic heterocycles. The SMILES string of the molecule is COc1cc(-c2nc(-c3cc(Cl)ccc3C)n[nH]2)ccc1-n1cnc(C)c1. The lowest BCUT2D eigenvalue weighted by Crippen LogP contribution is -1.96. The van der Waals surface area contributed by atoms with Crippen LogP contribution in [0.5, 0.6) is 5.75 Å². The zero-order valence-electron chi connectivity index (χ0n) is 15.2. The molecule has 7 heteroatoms. The zero-order valence-corrected chi connectivity index (χ0v) is 15.9. The second-order valence-electron chi connectivity index (χ2n) is 6.28. The highest BCUT2D eigenvalue weighted by Gasteiger charge is 2.13. The fraction of sp³-hybridized carbons (Fsp3) is 0.150. The van der Waals surface area contributed by atoms with Crippen molar-refractivity contribution < 1.29 is 4.74 Å². The molecule has 0 saturated heterocycles. The van der Waals surface area contributed by atoms with Crippen LogP contribution in [0.2, 0.25) is 5.02 Å². The Hall–Kier alpha value is -3.12. The van der Waals surface area contributed by atoms with Crippen molar-refractivity contribution in [3.05, 3.63) is 65.2 Å². The van der Waals surface area contributed by atoms with E-state index in [0.29, 0.717) is 16.7 Å². The van der Waals surface area contributed by atoms with E-state index in [1.54, 1.807) is 13.4 Å². The van der Waals surface area contributed by atoms with Crippen LogP contribution in [0.4, 0.5) is 0 Å². The van der Waals surface area contributed by atoms with Gasteiger partial charge in [0.05, 0.1) is 24.8 Å². The van der Waals surface area contributed by atoms with Crippen molar-refractivity contribution in [2.24, 2.45) is 0 Å². The third-order valence-corrected chi connectivity index (χ3v) is 4.60. The lowest BCUT2D eigenvalue weighted by molar-refractivity contribution is 0.413. The van der Waals surface area contributed by atoms with Gasteiger partial charge in [0, 0.05) is 22.3 Å². The highest BCUT2D eigenvalue weighted by molar-refractivity contribution is 6.30. The maximum absolute atomic E-state index is 6.12. The first-order chi connectivity index (χ1) is 13.0. The molecular weight excluding hydrogens is 362 g/mol. The lowest BCUT2D eigenvalue weighted by Gasteiger charge is -2.10. The van der Waals surface area contributed by atoms with Gasteiger partial charge in [-0.05, 0) is 49.7 Å². The summed E-state index contributed by atoms with van der Waals surface area (Å²) in [5.74, 6) is 2.00. The molecule has 0 radical (unpaired) electrons. The summed E-state index contributed by atoms with van der Waals surface area (Å²) in [4.78, 5) is 8.90. The quantitative estimate of drug-likeness (QED) is 0.562. The summed E-state index contributed by atoms with van der Waals surface area (Å²) in [6.07, 6.45) is 3.72. The van der Waals surface area contributed by atoms with Gasteiger partial charge in [-0.3, -0.25) is 5.10 Å². The number of ether oxygens (including phenoxy) is 1. The second-order valence-corrected chi connectivity index (χ2v) is 6.71. The van der Waals surface area contributed by atoms with Crippen molar-refractivity contribution in [2.45, 2.75) is 13.8 Å². The van der Waals surface area contributed by atoms with Gasteiger partial charge in [-0.25, -0.2) is 9.97 Å². The molecule has 1 N–H and O–H groups in total. The van der Waals surface area contributed by atoms with Crippen molar-refractivity contribution in [3.8, 4) is 34.2 Å². The number of aromatic amines is 1. The molecule has 0 bridgehead atoms. The smallest absolute Gasteiger partial charge is 0.181 e. The highest BCUT2D eigenvalue weighted by atomic mass is 35.5. The molecule has 27 heavy (non-hydrogen) atoms. The predicted molar refractivity (Wildman–Crippen MR) is 105 cm³/mol. The summed E-state index contributed by atoms with van der Waals surface area (Å²) >= 11 is 6.12. The van der Waals surface area contributed by atoms with Gasteiger partial charge in [0.15, 0.2) is 11.6 Å². The Morgan fingerprint density at radius 3 is 2.70 bits per heavy atom. The van der Waals surface area contributed by atoms with Crippen LogP contribution < -0.4 is 4.74 Å². The summed E-state index contributed by atoms with van der Waals surface area (Å²) < 4.78 is 7.50. The molecule has 0 aliphatic carbocycles. The molecule has 2 aromatic carbocycles. The average molecular weight is 380 g/mol. The first-order valence-corrected chi connectivity index (χ1v) is 8.81. The molecule has 0 unspecified atom stereocenters. The van der Waals surface area contributed by atoms with Crippen molar-refractivity contribution >= 4 is 11.6 Å². The number of rotatable bonds is 4. The molecule has 0 aliphatic rings. The molecule has 0 saturated carbocycles. The first kappa shape index (κ1) is 17.3. The van der Waals surface area contributed by atoms with Gasteiger partial charge >= 0.3 is 0 Å². The van der Waals surface area contributed by atoms with E-state index in [-0.39, 0.29) is 0 Å². The third kappa shape index (κ3) is 3.31. The van der Waals surface area contributed by atoms with Crippen molar-refractivity contribution in [1.29, 1.82) is 0 Å². The monoisotopic (exact) mass is 379 g/mol. The summed E-state index contributed by atoms with van der Waals surface area (Å²) in [6.45, 7) is 3.96. The number of H-pyrrole nitrogens is 1. The number of nitrogens with zero attached hydrogens (tertiary/aromatic N) is 4. The van der Waals surface area contributed by atoms with Crippen LogP contribution in [0.25, 0.3) is 28.5 Å². The standard InChI is InChI=1S/C20H18ClN5O/c1-12-4-6-15(21)9-16(12)20-23-19(24-25-20)14-5-7-17(18(8-14)27-3)26-10-13(2)22-11-26/h4-11H,1-3H3,(H,23,24,25). The van der Waals surface area contributed by atoms with Gasteiger partial charge < -0.3 is 9.30 Å². The summed E-state index contributed by atoms with van der Waals surface area (Å²) in [6, 6.07) is 11.6. The molecule has 0 atom stereocenters. The minimum absolute atomic E-state index is 0.610. The van der Waals surface area contributed by atoms with Crippen LogP contribution in [0.15, 0.2) is 48.9 Å². The number of aromatic nitrogens is 5. The van der Waals surface area contributed by atoms with Gasteiger partial charge in [-0.1, -0.05) is 17.7 Å². The Morgan fingerprint density at radius 2 is 1.96 bits per heavy atom. The number of hydrogen-bond donors (Lipinski definition) is 1. The maximum Gasteiger partial charge on any atom is 0.181 e. The van der Waals surface area contributed by atoms with Crippen LogP contribution in [0.3, 0.4) is 0 Å². The molecule has 4 rings (SSSR count). The topological polar surface area (TPSA) is 68.6 Å². The molecule has 2 aromatic heterocycles. The minimum Gasteiger partial charge on any atom is -0.495 e. The van der Waals surface area contributed by atoms with E-state index in [1.807, 2.05) is 61.0 Å². The van der Waals surface area contributed by atoms with E-state index in [4.69, 9.17) is 16.3 Å². The van der Waals surface area contributed by atoms with Crippen molar-refractivity contribution in [3.63, 3.8) is 0 Å². The summed E-state index contributed by atoms with van der Waals surface area (Å²) in [5.41, 5.74) is 4.70. The van der Waals surface area contributed by atoms with Gasteiger partial charge in [-0.15, -0.1) is 0 Å². The molecule has 6 nitrogen and oxygen atoms in total. The fourth-order valence-electron chi connectivity index (χ4n) is 2.94. The molecule has 0 fully saturated rings. The number of nitrogens with one attached hydrogen (secondary N) is 1. The van der Waals surface area contributed by atoms with Gasteiger partial charge in [0.25, 0.3) is 0 Å². The average Bonchev–Trinajstić information content (AvgIpc) is 3.32. The molecule has 4 aromatic rings. The molecule has 0 spiro atoms. The zero-order chi connectivity index (χ0) is 19.0. The summed E-state index contributed by atoms with van der Waals surface area (Å²) in [7, 11) is 1.65. The molecule has 0 amide bonds. The molecular formula is C20H18ClN5O. The molecule has 2 heterocycles. The van der Waals surface area contributed by atoms with E-state index in [2.05, 4.69) is 20.2 Å². The first-order valence-electron chi connectivity index (χ1n) is 8.43. The van der Waals surface area contributed by atoms with E-state index in [0.717, 1.165) is 33.8 Å². The van der Waals surface area contributed by atoms with E-state index in [9.17, 15) is 0 Å². The number of hydrogen-bond acceptors (Lipinski definition) is 4. The Bertz CT molecular complexity index is 1120. The predicted octanol–water partition coefficient (Wildman–Crippen LogP) is 4.60. The van der Waals surface area contributed by atoms with Gasteiger partial charge in [0.2, 0.25) is 0 Å². The van der Waals surface area contributed by atoms with Crippen molar-refractivity contribution in [1.82, 2.24) is 24.7 Å². The van der Waals surface area contributed by atoms with Crippen LogP contribution in [0.1, 0.15) is 11.3 Å². The molecule has 136 valence electrons. The number of aryl methyl sites for hydroxylation is 2. The van der Waals surface area contributed by atoms with Crippen LogP contribution >= 0.6 is 11.6 Å². The second kappa shape index (κ2) is 6.89. The Morgan fingerprint density at radius 1 is 1.11 bits per heavy atom. The van der Waals surface area contributed by atoms with Gasteiger partial charge in [-0.2, -0.15) is 5.10 Å². The maximum atomic E-state index is 6.12. The van der Waals surface area contributed by atoms with Gasteiger partial charge in [0.1, 0.15) is 5.75 Å². The van der Waals surface area contributed by atoms with Crippen LogP contribution in [-0.2, 0) is 0 Å². The normalized spacial score (nSPS) is 11.0. The number of halogens is 1. The number of benzene rings is 2. The van der Waals surface area contributed by atoms with E-state index < -0.39 is 0 Å². The van der Waals surface area contributed by atoms with Crippen LogP contribution in [0, 0.1) is 13.8 Å².